The van der Waals surface area contributed by atoms with Crippen LogP contribution in [0, 0.1) is 5.82 Å². The number of halogens is 2. The number of ether oxygens (including phenoxy) is 1. The summed E-state index contributed by atoms with van der Waals surface area (Å²) in [5.74, 6) is -0.897. The number of carbonyl (C=O) groups excluding carboxylic acids is 2. The van der Waals surface area contributed by atoms with Gasteiger partial charge in [-0.3, -0.25) is 14.8 Å². The van der Waals surface area contributed by atoms with E-state index in [2.05, 4.69) is 10.4 Å². The number of carbonyl (C=O) groups is 2. The van der Waals surface area contributed by atoms with Gasteiger partial charge in [0.2, 0.25) is 0 Å². The van der Waals surface area contributed by atoms with Gasteiger partial charge in [-0.25, -0.2) is 17.6 Å². The summed E-state index contributed by atoms with van der Waals surface area (Å²) >= 11 is 5.91. The molecule has 2 atom stereocenters. The van der Waals surface area contributed by atoms with Crippen molar-refractivity contribution >= 4 is 39.1 Å². The summed E-state index contributed by atoms with van der Waals surface area (Å²) in [5.41, 5.74) is 1.66. The van der Waals surface area contributed by atoms with E-state index in [9.17, 15) is 22.4 Å². The Morgan fingerprint density at radius 3 is 2.79 bits per heavy atom. The highest BCUT2D eigenvalue weighted by atomic mass is 35.5. The highest BCUT2D eigenvalue weighted by Crippen LogP contribution is 2.38. The van der Waals surface area contributed by atoms with E-state index in [1.165, 1.54) is 23.2 Å². The Kier molecular flexibility index (Phi) is 8.08. The number of nitrogens with one attached hydrogen (secondary N) is 1. The SMILES string of the molecule is CCC(c1cccc(S(C)(=O)=O)c1)n1cc(C(=O)N(C)CCCC2OC(=O)Nc3ccc(Cl)c(F)c32)cn1. The molecule has 0 spiro atoms. The van der Waals surface area contributed by atoms with Crippen LogP contribution in [0.1, 0.15) is 59.8 Å². The maximum Gasteiger partial charge on any atom is 0.412 e. The number of fused-ring (bicyclic) bond motifs is 1. The molecule has 2 amide bonds. The lowest BCUT2D eigenvalue weighted by molar-refractivity contribution is 0.0759. The first-order valence-electron chi connectivity index (χ1n) is 12.0. The van der Waals surface area contributed by atoms with Gasteiger partial charge in [-0.05, 0) is 49.1 Å². The van der Waals surface area contributed by atoms with Gasteiger partial charge < -0.3 is 9.64 Å². The van der Waals surface area contributed by atoms with Crippen molar-refractivity contribution in [3.63, 3.8) is 0 Å². The van der Waals surface area contributed by atoms with Crippen LogP contribution in [0.2, 0.25) is 5.02 Å². The molecule has 0 saturated heterocycles. The van der Waals surface area contributed by atoms with E-state index in [0.29, 0.717) is 37.1 Å². The predicted molar refractivity (Wildman–Crippen MR) is 141 cm³/mol. The summed E-state index contributed by atoms with van der Waals surface area (Å²) in [6.07, 6.45) is 4.15. The zero-order valence-electron chi connectivity index (χ0n) is 21.1. The molecule has 0 aliphatic carbocycles. The molecule has 2 aromatic carbocycles. The number of benzene rings is 2. The number of nitrogens with zero attached hydrogens (tertiary/aromatic N) is 3. The van der Waals surface area contributed by atoms with Gasteiger partial charge >= 0.3 is 6.09 Å². The average molecular weight is 563 g/mol. The first-order chi connectivity index (χ1) is 18.0. The number of amides is 2. The number of anilines is 1. The maximum atomic E-state index is 14.6. The molecule has 202 valence electrons. The molecule has 12 heteroatoms. The summed E-state index contributed by atoms with van der Waals surface area (Å²) in [5, 5.41) is 6.77. The quantitative estimate of drug-likeness (QED) is 0.382. The molecule has 38 heavy (non-hydrogen) atoms. The largest absolute Gasteiger partial charge is 0.441 e. The van der Waals surface area contributed by atoms with E-state index in [-0.39, 0.29) is 27.4 Å². The minimum Gasteiger partial charge on any atom is -0.441 e. The van der Waals surface area contributed by atoms with Gasteiger partial charge in [-0.1, -0.05) is 30.7 Å². The van der Waals surface area contributed by atoms with Gasteiger partial charge in [0.1, 0.15) is 6.10 Å². The van der Waals surface area contributed by atoms with Crippen molar-refractivity contribution in [3.8, 4) is 0 Å². The van der Waals surface area contributed by atoms with Crippen LogP contribution in [0.4, 0.5) is 14.9 Å². The van der Waals surface area contributed by atoms with Crippen molar-refractivity contribution in [2.45, 2.75) is 43.2 Å². The molecule has 0 radical (unpaired) electrons. The molecule has 1 aliphatic rings. The molecule has 3 aromatic rings. The number of aromatic nitrogens is 2. The van der Waals surface area contributed by atoms with Crippen LogP contribution in [0.15, 0.2) is 53.7 Å². The molecule has 2 heterocycles. The fraction of sp³-hybridized carbons (Fsp3) is 0.346. The van der Waals surface area contributed by atoms with Crippen molar-refractivity contribution in [2.24, 2.45) is 0 Å². The van der Waals surface area contributed by atoms with Crippen LogP contribution in [-0.4, -0.2) is 54.9 Å². The van der Waals surface area contributed by atoms with Gasteiger partial charge in [0.25, 0.3) is 5.91 Å². The zero-order valence-corrected chi connectivity index (χ0v) is 22.7. The lowest BCUT2D eigenvalue weighted by atomic mass is 10.0. The van der Waals surface area contributed by atoms with Gasteiger partial charge in [-0.2, -0.15) is 5.10 Å². The molecule has 0 bridgehead atoms. The van der Waals surface area contributed by atoms with E-state index in [1.54, 1.807) is 36.1 Å². The molecular formula is C26H28ClFN4O5S. The third-order valence-electron chi connectivity index (χ3n) is 6.47. The minimum atomic E-state index is -3.36. The number of hydrogen-bond acceptors (Lipinski definition) is 6. The smallest absolute Gasteiger partial charge is 0.412 e. The third-order valence-corrected chi connectivity index (χ3v) is 7.87. The van der Waals surface area contributed by atoms with Crippen LogP contribution in [0.25, 0.3) is 0 Å². The molecule has 0 fully saturated rings. The lowest BCUT2D eigenvalue weighted by Gasteiger charge is -2.27. The Bertz CT molecular complexity index is 1480. The van der Waals surface area contributed by atoms with E-state index in [0.717, 1.165) is 11.8 Å². The van der Waals surface area contributed by atoms with Crippen LogP contribution in [0.5, 0.6) is 0 Å². The third kappa shape index (κ3) is 5.83. The lowest BCUT2D eigenvalue weighted by Crippen LogP contribution is -2.29. The summed E-state index contributed by atoms with van der Waals surface area (Å²) in [6, 6.07) is 9.35. The standard InChI is InChI=1S/C26H28ClFN4O5S/c1-4-21(16-7-5-8-18(13-16)38(3,35)36)32-15-17(14-29-32)25(33)31(2)12-6-9-22-23-20(30-26(34)37-22)11-10-19(27)24(23)28/h5,7-8,10-11,13-15,21-22H,4,6,9,12H2,1-3H3,(H,30,34). The van der Waals surface area contributed by atoms with Gasteiger partial charge in [0.15, 0.2) is 15.7 Å². The highest BCUT2D eigenvalue weighted by molar-refractivity contribution is 7.90. The normalized spacial score (nSPS) is 15.8. The molecule has 0 saturated carbocycles. The second-order valence-corrected chi connectivity index (χ2v) is 11.6. The number of sulfone groups is 1. The van der Waals surface area contributed by atoms with Crippen LogP contribution < -0.4 is 5.32 Å². The first kappa shape index (κ1) is 27.6. The number of rotatable bonds is 9. The van der Waals surface area contributed by atoms with Crippen LogP contribution >= 0.6 is 11.6 Å². The van der Waals surface area contributed by atoms with Crippen molar-refractivity contribution in [3.05, 3.63) is 76.3 Å². The molecule has 4 rings (SSSR count). The molecule has 9 nitrogen and oxygen atoms in total. The van der Waals surface area contributed by atoms with Gasteiger partial charge in [-0.15, -0.1) is 0 Å². The van der Waals surface area contributed by atoms with Gasteiger partial charge in [0, 0.05) is 26.0 Å². The minimum absolute atomic E-state index is 0.0637. The fourth-order valence-electron chi connectivity index (χ4n) is 4.50. The fourth-order valence-corrected chi connectivity index (χ4v) is 5.34. The van der Waals surface area contributed by atoms with E-state index >= 15 is 0 Å². The van der Waals surface area contributed by atoms with E-state index in [4.69, 9.17) is 16.3 Å². The maximum absolute atomic E-state index is 14.6. The summed E-state index contributed by atoms with van der Waals surface area (Å²) in [6.45, 7) is 2.28. The second-order valence-electron chi connectivity index (χ2n) is 9.19. The average Bonchev–Trinajstić information content (AvgIpc) is 3.35. The van der Waals surface area contributed by atoms with Crippen molar-refractivity contribution < 1.29 is 27.1 Å². The highest BCUT2D eigenvalue weighted by Gasteiger charge is 2.30. The first-order valence-corrected chi connectivity index (χ1v) is 14.3. The van der Waals surface area contributed by atoms with Gasteiger partial charge in [0.05, 0.1) is 39.0 Å². The topological polar surface area (TPSA) is 111 Å². The van der Waals surface area contributed by atoms with E-state index in [1.807, 2.05) is 13.0 Å². The summed E-state index contributed by atoms with van der Waals surface area (Å²) in [4.78, 5) is 26.7. The van der Waals surface area contributed by atoms with Crippen LogP contribution in [-0.2, 0) is 14.6 Å². The van der Waals surface area contributed by atoms with Crippen molar-refractivity contribution in [1.82, 2.24) is 14.7 Å². The molecule has 1 N–H and O–H groups in total. The second kappa shape index (κ2) is 11.1. The molecular weight excluding hydrogens is 535 g/mol. The van der Waals surface area contributed by atoms with Crippen LogP contribution in [0.3, 0.4) is 0 Å². The predicted octanol–water partition coefficient (Wildman–Crippen LogP) is 5.23. The Morgan fingerprint density at radius 2 is 2.08 bits per heavy atom. The molecule has 1 aromatic heterocycles. The molecule has 2 unspecified atom stereocenters. The Labute approximate surface area is 225 Å². The van der Waals surface area contributed by atoms with Crippen molar-refractivity contribution in [2.75, 3.05) is 25.2 Å². The summed E-state index contributed by atoms with van der Waals surface area (Å²) in [7, 11) is -1.71. The monoisotopic (exact) mass is 562 g/mol. The Balaban J connectivity index is 1.42. The Hall–Kier alpha value is -3.44. The number of cyclic esters (lactones) is 1. The molecule has 1 aliphatic heterocycles. The Morgan fingerprint density at radius 1 is 1.32 bits per heavy atom. The summed E-state index contributed by atoms with van der Waals surface area (Å²) < 4.78 is 45.5. The van der Waals surface area contributed by atoms with Crippen molar-refractivity contribution in [1.29, 1.82) is 0 Å². The number of hydrogen-bond donors (Lipinski definition) is 1. The zero-order chi connectivity index (χ0) is 27.6. The van der Waals surface area contributed by atoms with E-state index < -0.39 is 27.9 Å².